The van der Waals surface area contributed by atoms with E-state index in [9.17, 15) is 0 Å². The van der Waals surface area contributed by atoms with E-state index in [4.69, 9.17) is 14.2 Å². The third-order valence-electron chi connectivity index (χ3n) is 2.71. The van der Waals surface area contributed by atoms with Crippen LogP contribution in [0.2, 0.25) is 0 Å². The summed E-state index contributed by atoms with van der Waals surface area (Å²) in [6.07, 6.45) is 0. The predicted octanol–water partition coefficient (Wildman–Crippen LogP) is 2.32. The molecule has 2 heterocycles. The largest absolute Gasteiger partial charge is 0.454 e. The van der Waals surface area contributed by atoms with Crippen molar-refractivity contribution in [1.82, 2.24) is 10.3 Å². The maximum absolute atomic E-state index is 5.72. The van der Waals surface area contributed by atoms with Gasteiger partial charge < -0.3 is 19.5 Å². The summed E-state index contributed by atoms with van der Waals surface area (Å²) in [6.45, 7) is 0.965. The highest BCUT2D eigenvalue weighted by Crippen LogP contribution is 2.36. The highest BCUT2D eigenvalue weighted by Gasteiger charge is 2.14. The Morgan fingerprint density at radius 2 is 2.11 bits per heavy atom. The van der Waals surface area contributed by atoms with E-state index in [-0.39, 0.29) is 6.79 Å². The van der Waals surface area contributed by atoms with Crippen LogP contribution in [0.1, 0.15) is 5.69 Å². The number of aromatic nitrogens is 1. The average Bonchev–Trinajstić information content (AvgIpc) is 2.87. The van der Waals surface area contributed by atoms with Gasteiger partial charge in [0.05, 0.1) is 5.69 Å². The number of pyridine rings is 1. The van der Waals surface area contributed by atoms with Gasteiger partial charge in [-0.3, -0.25) is 0 Å². The van der Waals surface area contributed by atoms with E-state index in [2.05, 4.69) is 10.3 Å². The molecule has 0 bridgehead atoms. The quantitative estimate of drug-likeness (QED) is 0.912. The zero-order chi connectivity index (χ0) is 13.1. The first kappa shape index (κ1) is 11.8. The molecule has 1 N–H and O–H groups in total. The van der Waals surface area contributed by atoms with Crippen LogP contribution in [0.4, 0.5) is 0 Å². The fourth-order valence-corrected chi connectivity index (χ4v) is 1.86. The molecule has 0 spiro atoms. The molecule has 2 aromatic rings. The summed E-state index contributed by atoms with van der Waals surface area (Å²) in [7, 11) is 1.88. The molecule has 19 heavy (non-hydrogen) atoms. The Kier molecular flexibility index (Phi) is 3.20. The van der Waals surface area contributed by atoms with Crippen molar-refractivity contribution in [1.29, 1.82) is 0 Å². The average molecular weight is 258 g/mol. The summed E-state index contributed by atoms with van der Waals surface area (Å²) in [5.74, 6) is 2.68. The third-order valence-corrected chi connectivity index (χ3v) is 2.71. The highest BCUT2D eigenvalue weighted by molar-refractivity contribution is 5.47. The van der Waals surface area contributed by atoms with Crippen molar-refractivity contribution in [3.8, 4) is 23.1 Å². The Hall–Kier alpha value is -2.27. The van der Waals surface area contributed by atoms with E-state index in [1.165, 1.54) is 0 Å². The zero-order valence-corrected chi connectivity index (χ0v) is 10.6. The lowest BCUT2D eigenvalue weighted by Crippen LogP contribution is -2.06. The molecule has 0 radical (unpaired) electrons. The second-order valence-corrected chi connectivity index (χ2v) is 4.11. The first-order valence-corrected chi connectivity index (χ1v) is 6.03. The number of hydrogen-bond donors (Lipinski definition) is 1. The second kappa shape index (κ2) is 5.16. The Morgan fingerprint density at radius 1 is 1.21 bits per heavy atom. The molecule has 98 valence electrons. The van der Waals surface area contributed by atoms with Crippen LogP contribution in [0.25, 0.3) is 0 Å². The maximum Gasteiger partial charge on any atom is 0.231 e. The van der Waals surface area contributed by atoms with Crippen LogP contribution in [0, 0.1) is 0 Å². The topological polar surface area (TPSA) is 52.6 Å². The van der Waals surface area contributed by atoms with Gasteiger partial charge >= 0.3 is 0 Å². The van der Waals surface area contributed by atoms with Crippen LogP contribution in [0.15, 0.2) is 36.4 Å². The summed E-state index contributed by atoms with van der Waals surface area (Å²) in [4.78, 5) is 4.39. The molecule has 0 atom stereocenters. The molecule has 1 aliphatic rings. The van der Waals surface area contributed by atoms with Crippen molar-refractivity contribution >= 4 is 0 Å². The second-order valence-electron chi connectivity index (χ2n) is 4.11. The summed E-state index contributed by atoms with van der Waals surface area (Å²) in [5.41, 5.74) is 0.931. The molecule has 0 amide bonds. The first-order chi connectivity index (χ1) is 9.35. The van der Waals surface area contributed by atoms with Crippen molar-refractivity contribution in [3.05, 3.63) is 42.1 Å². The van der Waals surface area contributed by atoms with Gasteiger partial charge in [-0.1, -0.05) is 6.07 Å². The van der Waals surface area contributed by atoms with Crippen molar-refractivity contribution in [3.63, 3.8) is 0 Å². The molecule has 1 aliphatic heterocycles. The zero-order valence-electron chi connectivity index (χ0n) is 10.6. The molecule has 5 heteroatoms. The van der Waals surface area contributed by atoms with Crippen LogP contribution >= 0.6 is 0 Å². The molecule has 1 aromatic heterocycles. The van der Waals surface area contributed by atoms with Gasteiger partial charge in [-0.25, -0.2) is 4.98 Å². The van der Waals surface area contributed by atoms with E-state index >= 15 is 0 Å². The monoisotopic (exact) mass is 258 g/mol. The molecular weight excluding hydrogens is 244 g/mol. The summed E-state index contributed by atoms with van der Waals surface area (Å²) < 4.78 is 16.3. The fourth-order valence-electron chi connectivity index (χ4n) is 1.86. The third kappa shape index (κ3) is 2.61. The number of nitrogens with one attached hydrogen (secondary N) is 1. The predicted molar refractivity (Wildman–Crippen MR) is 69.6 cm³/mol. The molecule has 3 rings (SSSR count). The van der Waals surface area contributed by atoms with Gasteiger partial charge in [0.1, 0.15) is 5.75 Å². The summed E-state index contributed by atoms with van der Waals surface area (Å²) in [6, 6.07) is 11.2. The minimum Gasteiger partial charge on any atom is -0.454 e. The van der Waals surface area contributed by atoms with Gasteiger partial charge in [-0.15, -0.1) is 0 Å². The SMILES string of the molecule is CNCc1cccc(Oc2ccc3c(c2)OCO3)n1. The van der Waals surface area contributed by atoms with E-state index < -0.39 is 0 Å². The van der Waals surface area contributed by atoms with Gasteiger partial charge in [0.25, 0.3) is 0 Å². The van der Waals surface area contributed by atoms with E-state index in [0.717, 1.165) is 11.4 Å². The standard InChI is InChI=1S/C14H14N2O3/c1-15-8-10-3-2-4-14(16-10)19-11-5-6-12-13(7-11)18-9-17-12/h2-7,15H,8-9H2,1H3. The van der Waals surface area contributed by atoms with Crippen molar-refractivity contribution in [2.45, 2.75) is 6.54 Å². The molecule has 0 saturated heterocycles. The Morgan fingerprint density at radius 3 is 3.00 bits per heavy atom. The number of rotatable bonds is 4. The van der Waals surface area contributed by atoms with Gasteiger partial charge in [-0.05, 0) is 25.2 Å². The molecule has 0 fully saturated rings. The molecule has 0 unspecified atom stereocenters. The number of benzene rings is 1. The van der Waals surface area contributed by atoms with E-state index in [1.54, 1.807) is 6.07 Å². The Balaban J connectivity index is 1.79. The van der Waals surface area contributed by atoms with Gasteiger partial charge in [0.2, 0.25) is 12.7 Å². The fraction of sp³-hybridized carbons (Fsp3) is 0.214. The lowest BCUT2D eigenvalue weighted by atomic mass is 10.3. The van der Waals surface area contributed by atoms with Crippen LogP contribution in [0.3, 0.4) is 0 Å². The summed E-state index contributed by atoms with van der Waals surface area (Å²) in [5, 5.41) is 3.05. The summed E-state index contributed by atoms with van der Waals surface area (Å²) >= 11 is 0. The smallest absolute Gasteiger partial charge is 0.231 e. The molecule has 0 aliphatic carbocycles. The number of nitrogens with zero attached hydrogens (tertiary/aromatic N) is 1. The van der Waals surface area contributed by atoms with Crippen molar-refractivity contribution < 1.29 is 14.2 Å². The lowest BCUT2D eigenvalue weighted by Gasteiger charge is -2.07. The lowest BCUT2D eigenvalue weighted by molar-refractivity contribution is 0.174. The van der Waals surface area contributed by atoms with Crippen LogP contribution < -0.4 is 19.5 Å². The normalized spacial score (nSPS) is 12.5. The number of fused-ring (bicyclic) bond motifs is 1. The molecular formula is C14H14N2O3. The minimum absolute atomic E-state index is 0.259. The maximum atomic E-state index is 5.72. The van der Waals surface area contributed by atoms with Gasteiger partial charge in [-0.2, -0.15) is 0 Å². The van der Waals surface area contributed by atoms with Gasteiger partial charge in [0, 0.05) is 18.7 Å². The Labute approximate surface area is 111 Å². The Bertz CT molecular complexity index is 587. The number of ether oxygens (including phenoxy) is 3. The van der Waals surface area contributed by atoms with E-state index in [1.807, 2.05) is 37.4 Å². The minimum atomic E-state index is 0.259. The van der Waals surface area contributed by atoms with E-state index in [0.29, 0.717) is 23.9 Å². The van der Waals surface area contributed by atoms with Crippen LogP contribution in [-0.4, -0.2) is 18.8 Å². The molecule has 0 saturated carbocycles. The van der Waals surface area contributed by atoms with Gasteiger partial charge in [0.15, 0.2) is 11.5 Å². The molecule has 1 aromatic carbocycles. The van der Waals surface area contributed by atoms with Crippen LogP contribution in [0.5, 0.6) is 23.1 Å². The first-order valence-electron chi connectivity index (χ1n) is 6.03. The van der Waals surface area contributed by atoms with Crippen LogP contribution in [-0.2, 0) is 6.54 Å². The highest BCUT2D eigenvalue weighted by atomic mass is 16.7. The molecule has 5 nitrogen and oxygen atoms in total. The van der Waals surface area contributed by atoms with Crippen molar-refractivity contribution in [2.75, 3.05) is 13.8 Å². The van der Waals surface area contributed by atoms with Crippen molar-refractivity contribution in [2.24, 2.45) is 0 Å². The number of hydrogen-bond acceptors (Lipinski definition) is 5.